The number of hydrogen-bond donors (Lipinski definition) is 1. The third-order valence-electron chi connectivity index (χ3n) is 4.51. The molecule has 0 aliphatic heterocycles. The van der Waals surface area contributed by atoms with Crippen LogP contribution >= 0.6 is 0 Å². The molecule has 3 aromatic rings. The highest BCUT2D eigenvalue weighted by molar-refractivity contribution is 6.04. The minimum absolute atomic E-state index is 0.0847. The first-order valence-corrected chi connectivity index (χ1v) is 9.20. The summed E-state index contributed by atoms with van der Waals surface area (Å²) in [6, 6.07) is 14.4. The van der Waals surface area contributed by atoms with Crippen LogP contribution < -0.4 is 20.3 Å². The number of nitrogens with zero attached hydrogens (tertiary/aromatic N) is 1. The van der Waals surface area contributed by atoms with Gasteiger partial charge in [0.25, 0.3) is 11.5 Å². The average Bonchev–Trinajstić information content (AvgIpc) is 2.68. The van der Waals surface area contributed by atoms with Crippen LogP contribution in [-0.4, -0.2) is 24.7 Å². The molecule has 0 bridgehead atoms. The monoisotopic (exact) mass is 392 g/mol. The fraction of sp³-hybridized carbons (Fsp3) is 0.217. The third-order valence-corrected chi connectivity index (χ3v) is 4.51. The molecule has 1 aromatic heterocycles. The lowest BCUT2D eigenvalue weighted by molar-refractivity contribution is 0.102. The lowest BCUT2D eigenvalue weighted by atomic mass is 10.1. The zero-order valence-electron chi connectivity index (χ0n) is 17.0. The van der Waals surface area contributed by atoms with E-state index in [2.05, 4.69) is 5.32 Å². The third kappa shape index (κ3) is 4.85. The first-order valence-electron chi connectivity index (χ1n) is 9.20. The minimum atomic E-state index is -0.433. The summed E-state index contributed by atoms with van der Waals surface area (Å²) in [4.78, 5) is 25.6. The molecule has 6 heteroatoms. The Kier molecular flexibility index (Phi) is 6.02. The van der Waals surface area contributed by atoms with Crippen LogP contribution in [0.15, 0.2) is 59.5 Å². The molecule has 0 saturated carbocycles. The SMILES string of the molecule is COc1cc(Cn2cccc(C(=O)Nc3cc(C)cc(C)c3)c2=O)cc(OC)c1. The molecule has 150 valence electrons. The summed E-state index contributed by atoms with van der Waals surface area (Å²) in [5, 5.41) is 2.82. The van der Waals surface area contributed by atoms with Crippen LogP contribution in [0, 0.1) is 13.8 Å². The fourth-order valence-electron chi connectivity index (χ4n) is 3.23. The number of anilines is 1. The van der Waals surface area contributed by atoms with Crippen LogP contribution in [0.1, 0.15) is 27.0 Å². The number of ether oxygens (including phenoxy) is 2. The number of aryl methyl sites for hydroxylation is 2. The van der Waals surface area contributed by atoms with Crippen molar-refractivity contribution in [2.75, 3.05) is 19.5 Å². The first-order chi connectivity index (χ1) is 13.9. The van der Waals surface area contributed by atoms with E-state index in [4.69, 9.17) is 9.47 Å². The molecule has 1 amide bonds. The Labute approximate surface area is 169 Å². The van der Waals surface area contributed by atoms with Crippen molar-refractivity contribution >= 4 is 11.6 Å². The van der Waals surface area contributed by atoms with Crippen molar-refractivity contribution < 1.29 is 14.3 Å². The molecule has 3 rings (SSSR count). The number of hydrogen-bond acceptors (Lipinski definition) is 4. The van der Waals surface area contributed by atoms with E-state index in [9.17, 15) is 9.59 Å². The highest BCUT2D eigenvalue weighted by atomic mass is 16.5. The predicted octanol–water partition coefficient (Wildman–Crippen LogP) is 3.78. The molecule has 0 unspecified atom stereocenters. The number of amides is 1. The van der Waals surface area contributed by atoms with E-state index >= 15 is 0 Å². The van der Waals surface area contributed by atoms with E-state index in [1.807, 2.05) is 44.2 Å². The second kappa shape index (κ2) is 8.65. The van der Waals surface area contributed by atoms with Gasteiger partial charge in [-0.25, -0.2) is 0 Å². The van der Waals surface area contributed by atoms with Gasteiger partial charge in [-0.1, -0.05) is 6.07 Å². The van der Waals surface area contributed by atoms with Gasteiger partial charge in [0.05, 0.1) is 20.8 Å². The van der Waals surface area contributed by atoms with Gasteiger partial charge in [-0.05, 0) is 66.9 Å². The summed E-state index contributed by atoms with van der Waals surface area (Å²) in [7, 11) is 3.14. The Hall–Kier alpha value is -3.54. The van der Waals surface area contributed by atoms with Crippen molar-refractivity contribution in [1.82, 2.24) is 4.57 Å². The molecule has 0 radical (unpaired) electrons. The molecule has 0 saturated heterocycles. The Morgan fingerprint density at radius 1 is 0.966 bits per heavy atom. The highest BCUT2D eigenvalue weighted by Gasteiger charge is 2.13. The van der Waals surface area contributed by atoms with E-state index in [-0.39, 0.29) is 17.7 Å². The predicted molar refractivity (Wildman–Crippen MR) is 113 cm³/mol. The van der Waals surface area contributed by atoms with Crippen LogP contribution in [-0.2, 0) is 6.54 Å². The Bertz CT molecular complexity index is 1060. The van der Waals surface area contributed by atoms with Gasteiger partial charge in [0.1, 0.15) is 17.1 Å². The normalized spacial score (nSPS) is 10.5. The summed E-state index contributed by atoms with van der Waals surface area (Å²) in [6.07, 6.45) is 1.65. The molecular formula is C23H24N2O4. The maximum Gasteiger partial charge on any atom is 0.263 e. The van der Waals surface area contributed by atoms with Gasteiger partial charge in [0.15, 0.2) is 0 Å². The summed E-state index contributed by atoms with van der Waals surface area (Å²) >= 11 is 0. The maximum absolute atomic E-state index is 12.9. The molecule has 0 aliphatic rings. The van der Waals surface area contributed by atoms with Gasteiger partial charge in [-0.3, -0.25) is 9.59 Å². The van der Waals surface area contributed by atoms with E-state index < -0.39 is 5.91 Å². The number of rotatable bonds is 6. The summed E-state index contributed by atoms with van der Waals surface area (Å²) in [5.74, 6) is 0.838. The van der Waals surface area contributed by atoms with Crippen molar-refractivity contribution in [2.45, 2.75) is 20.4 Å². The second-order valence-electron chi connectivity index (χ2n) is 6.91. The smallest absolute Gasteiger partial charge is 0.263 e. The lowest BCUT2D eigenvalue weighted by Crippen LogP contribution is -2.29. The standard InChI is InChI=1S/C23H24N2O4/c1-15-8-16(2)10-18(9-15)24-22(26)21-6-5-7-25(23(21)27)14-17-11-19(28-3)13-20(12-17)29-4/h5-13H,14H2,1-4H3,(H,24,26). The van der Waals surface area contributed by atoms with Gasteiger partial charge < -0.3 is 19.4 Å². The first kappa shape index (κ1) is 20.2. The molecule has 0 fully saturated rings. The second-order valence-corrected chi connectivity index (χ2v) is 6.91. The van der Waals surface area contributed by atoms with Gasteiger partial charge >= 0.3 is 0 Å². The van der Waals surface area contributed by atoms with Crippen LogP contribution in [0.3, 0.4) is 0 Å². The number of nitrogens with one attached hydrogen (secondary N) is 1. The van der Waals surface area contributed by atoms with E-state index in [1.165, 1.54) is 10.6 Å². The summed E-state index contributed by atoms with van der Waals surface area (Å²) in [5.41, 5.74) is 3.29. The molecule has 6 nitrogen and oxygen atoms in total. The van der Waals surface area contributed by atoms with Crippen molar-refractivity contribution in [3.05, 3.63) is 87.3 Å². The summed E-state index contributed by atoms with van der Waals surface area (Å²) < 4.78 is 12.1. The minimum Gasteiger partial charge on any atom is -0.497 e. The lowest BCUT2D eigenvalue weighted by Gasteiger charge is -2.12. The molecule has 0 spiro atoms. The van der Waals surface area contributed by atoms with Crippen molar-refractivity contribution in [1.29, 1.82) is 0 Å². The van der Waals surface area contributed by atoms with E-state index in [0.29, 0.717) is 17.2 Å². The van der Waals surface area contributed by atoms with Crippen LogP contribution in [0.2, 0.25) is 0 Å². The number of carbonyl (C=O) groups is 1. The topological polar surface area (TPSA) is 69.6 Å². The highest BCUT2D eigenvalue weighted by Crippen LogP contribution is 2.23. The van der Waals surface area contributed by atoms with Crippen LogP contribution in [0.25, 0.3) is 0 Å². The van der Waals surface area contributed by atoms with Gasteiger partial charge in [0, 0.05) is 18.0 Å². The van der Waals surface area contributed by atoms with Crippen molar-refractivity contribution in [2.24, 2.45) is 0 Å². The summed E-state index contributed by atoms with van der Waals surface area (Å²) in [6.45, 7) is 4.21. The van der Waals surface area contributed by atoms with Crippen LogP contribution in [0.5, 0.6) is 11.5 Å². The number of pyridine rings is 1. The van der Waals surface area contributed by atoms with Gasteiger partial charge in [-0.15, -0.1) is 0 Å². The number of benzene rings is 2. The molecule has 1 heterocycles. The molecule has 1 N–H and O–H groups in total. The van der Waals surface area contributed by atoms with Crippen molar-refractivity contribution in [3.8, 4) is 11.5 Å². The largest absolute Gasteiger partial charge is 0.497 e. The van der Waals surface area contributed by atoms with E-state index in [0.717, 1.165) is 16.7 Å². The van der Waals surface area contributed by atoms with Gasteiger partial charge in [-0.2, -0.15) is 0 Å². The number of aromatic nitrogens is 1. The molecule has 0 aliphatic carbocycles. The van der Waals surface area contributed by atoms with Crippen LogP contribution in [0.4, 0.5) is 5.69 Å². The zero-order valence-corrected chi connectivity index (χ0v) is 17.0. The van der Waals surface area contributed by atoms with Crippen molar-refractivity contribution in [3.63, 3.8) is 0 Å². The zero-order chi connectivity index (χ0) is 21.0. The average molecular weight is 392 g/mol. The maximum atomic E-state index is 12.9. The Morgan fingerprint density at radius 3 is 2.17 bits per heavy atom. The molecule has 2 aromatic carbocycles. The van der Waals surface area contributed by atoms with E-state index in [1.54, 1.807) is 32.5 Å². The number of methoxy groups -OCH3 is 2. The Morgan fingerprint density at radius 2 is 1.59 bits per heavy atom. The molecule has 29 heavy (non-hydrogen) atoms. The molecule has 0 atom stereocenters. The van der Waals surface area contributed by atoms with Gasteiger partial charge in [0.2, 0.25) is 0 Å². The molecular weight excluding hydrogens is 368 g/mol. The number of carbonyl (C=O) groups excluding carboxylic acids is 1. The quantitative estimate of drug-likeness (QED) is 0.693. The Balaban J connectivity index is 1.88. The fourth-order valence-corrected chi connectivity index (χ4v) is 3.23.